The smallest absolute Gasteiger partial charge is 0.157 e. The lowest BCUT2D eigenvalue weighted by molar-refractivity contribution is 0.490. The Hall–Kier alpha value is -0.180. The van der Waals surface area contributed by atoms with Crippen LogP contribution in [-0.2, 0) is 0 Å². The van der Waals surface area contributed by atoms with Gasteiger partial charge < -0.3 is 5.32 Å². The number of nitrogens with one attached hydrogen (secondary N) is 1. The van der Waals surface area contributed by atoms with Crippen molar-refractivity contribution in [1.29, 1.82) is 0 Å². The van der Waals surface area contributed by atoms with Crippen LogP contribution in [0.1, 0.15) is 52.4 Å². The van der Waals surface area contributed by atoms with E-state index in [1.807, 2.05) is 11.8 Å². The lowest BCUT2D eigenvalue weighted by Gasteiger charge is -2.16. The first-order valence-corrected chi connectivity index (χ1v) is 7.73. The van der Waals surface area contributed by atoms with Crippen LogP contribution < -0.4 is 5.32 Å². The Morgan fingerprint density at radius 1 is 1.31 bits per heavy atom. The third-order valence-electron chi connectivity index (χ3n) is 3.77. The zero-order valence-corrected chi connectivity index (χ0v) is 11.4. The lowest BCUT2D eigenvalue weighted by atomic mass is 10.0. The summed E-state index contributed by atoms with van der Waals surface area (Å²) in [4.78, 5) is 4.72. The number of hydrogen-bond acceptors (Lipinski definition) is 3. The Morgan fingerprint density at radius 2 is 2.19 bits per heavy atom. The highest BCUT2D eigenvalue weighted by Crippen LogP contribution is 2.25. The molecule has 3 heteroatoms. The molecule has 0 aromatic rings. The fraction of sp³-hybridized carbons (Fsp3) is 0.923. The topological polar surface area (TPSA) is 24.4 Å². The average molecular weight is 240 g/mol. The minimum absolute atomic E-state index is 0.567. The van der Waals surface area contributed by atoms with Crippen LogP contribution in [-0.4, -0.2) is 23.0 Å². The quantitative estimate of drug-likeness (QED) is 0.748. The van der Waals surface area contributed by atoms with Crippen LogP contribution in [0.4, 0.5) is 0 Å². The molecule has 16 heavy (non-hydrogen) atoms. The van der Waals surface area contributed by atoms with Gasteiger partial charge in [-0.2, -0.15) is 0 Å². The lowest BCUT2D eigenvalue weighted by Crippen LogP contribution is -2.31. The van der Waals surface area contributed by atoms with E-state index in [0.717, 1.165) is 5.92 Å². The average Bonchev–Trinajstić information content (AvgIpc) is 2.63. The molecule has 0 bridgehead atoms. The molecule has 0 aromatic carbocycles. The molecule has 0 radical (unpaired) electrons. The van der Waals surface area contributed by atoms with Gasteiger partial charge >= 0.3 is 0 Å². The van der Waals surface area contributed by atoms with Crippen molar-refractivity contribution < 1.29 is 0 Å². The number of amidine groups is 1. The number of thioether (sulfide) groups is 1. The number of nitrogens with zero attached hydrogens (tertiary/aromatic N) is 1. The van der Waals surface area contributed by atoms with Crippen LogP contribution in [0.3, 0.4) is 0 Å². The summed E-state index contributed by atoms with van der Waals surface area (Å²) in [6.07, 6.45) is 8.02. The largest absolute Gasteiger partial charge is 0.362 e. The van der Waals surface area contributed by atoms with E-state index < -0.39 is 0 Å². The molecule has 1 fully saturated rings. The molecular formula is C13H24N2S. The molecule has 3 atom stereocenters. The van der Waals surface area contributed by atoms with Gasteiger partial charge in [0, 0.05) is 11.8 Å². The molecule has 2 nitrogen and oxygen atoms in total. The van der Waals surface area contributed by atoms with Gasteiger partial charge in [0.2, 0.25) is 0 Å². The second-order valence-electron chi connectivity index (χ2n) is 5.26. The highest BCUT2D eigenvalue weighted by atomic mass is 32.2. The molecular weight excluding hydrogens is 216 g/mol. The third-order valence-corrected chi connectivity index (χ3v) is 4.82. The van der Waals surface area contributed by atoms with Crippen molar-refractivity contribution in [3.63, 3.8) is 0 Å². The Morgan fingerprint density at radius 3 is 2.94 bits per heavy atom. The fourth-order valence-electron chi connectivity index (χ4n) is 2.51. The van der Waals surface area contributed by atoms with E-state index in [9.17, 15) is 0 Å². The van der Waals surface area contributed by atoms with Crippen LogP contribution in [0.25, 0.3) is 0 Å². The van der Waals surface area contributed by atoms with Gasteiger partial charge in [-0.15, -0.1) is 0 Å². The van der Waals surface area contributed by atoms with Crippen LogP contribution in [0.2, 0.25) is 0 Å². The van der Waals surface area contributed by atoms with E-state index in [2.05, 4.69) is 19.2 Å². The minimum Gasteiger partial charge on any atom is -0.362 e. The van der Waals surface area contributed by atoms with Gasteiger partial charge in [0.1, 0.15) is 0 Å². The summed E-state index contributed by atoms with van der Waals surface area (Å²) < 4.78 is 0. The van der Waals surface area contributed by atoms with E-state index in [-0.39, 0.29) is 0 Å². The standard InChI is InChI=1S/C13H24N2S/c1-3-11-9-16-13(14-11)15-12-6-4-5-10(2)7-8-12/h10-12H,3-9H2,1-2H3,(H,14,15). The summed E-state index contributed by atoms with van der Waals surface area (Å²) in [5.74, 6) is 2.11. The van der Waals surface area contributed by atoms with Crippen LogP contribution in [0.5, 0.6) is 0 Å². The monoisotopic (exact) mass is 240 g/mol. The predicted octanol–water partition coefficient (Wildman–Crippen LogP) is 3.43. The molecule has 0 aromatic heterocycles. The molecule has 1 aliphatic heterocycles. The SMILES string of the molecule is CCC1CSC(NC2CCCC(C)CC2)=N1. The van der Waals surface area contributed by atoms with Gasteiger partial charge in [-0.25, -0.2) is 0 Å². The summed E-state index contributed by atoms with van der Waals surface area (Å²) in [6, 6.07) is 1.25. The van der Waals surface area contributed by atoms with Crippen molar-refractivity contribution in [3.8, 4) is 0 Å². The maximum atomic E-state index is 4.72. The van der Waals surface area contributed by atoms with Crippen molar-refractivity contribution >= 4 is 16.9 Å². The Balaban J connectivity index is 1.80. The summed E-state index contributed by atoms with van der Waals surface area (Å²) >= 11 is 1.92. The predicted molar refractivity (Wildman–Crippen MR) is 73.1 cm³/mol. The van der Waals surface area contributed by atoms with Gasteiger partial charge in [-0.1, -0.05) is 38.5 Å². The van der Waals surface area contributed by atoms with Crippen molar-refractivity contribution in [2.24, 2.45) is 10.9 Å². The fourth-order valence-corrected chi connectivity index (χ4v) is 3.64. The second-order valence-corrected chi connectivity index (χ2v) is 6.27. The molecule has 0 amide bonds. The molecule has 0 saturated heterocycles. The molecule has 1 aliphatic carbocycles. The maximum absolute atomic E-state index is 4.72. The Labute approximate surface area is 104 Å². The summed E-state index contributed by atoms with van der Waals surface area (Å²) in [7, 11) is 0. The summed E-state index contributed by atoms with van der Waals surface area (Å²) in [5.41, 5.74) is 0. The molecule has 1 saturated carbocycles. The molecule has 1 N–H and O–H groups in total. The van der Waals surface area contributed by atoms with Crippen LogP contribution >= 0.6 is 11.8 Å². The highest BCUT2D eigenvalue weighted by Gasteiger charge is 2.21. The van der Waals surface area contributed by atoms with E-state index in [4.69, 9.17) is 4.99 Å². The van der Waals surface area contributed by atoms with Gasteiger partial charge in [0.05, 0.1) is 6.04 Å². The van der Waals surface area contributed by atoms with Gasteiger partial charge in [-0.3, -0.25) is 4.99 Å². The molecule has 3 unspecified atom stereocenters. The molecule has 2 rings (SSSR count). The highest BCUT2D eigenvalue weighted by molar-refractivity contribution is 8.14. The van der Waals surface area contributed by atoms with E-state index in [0.29, 0.717) is 12.1 Å². The second kappa shape index (κ2) is 5.95. The zero-order chi connectivity index (χ0) is 11.4. The molecule has 2 aliphatic rings. The van der Waals surface area contributed by atoms with Gasteiger partial charge in [0.25, 0.3) is 0 Å². The van der Waals surface area contributed by atoms with Crippen molar-refractivity contribution in [3.05, 3.63) is 0 Å². The van der Waals surface area contributed by atoms with Crippen LogP contribution in [0.15, 0.2) is 4.99 Å². The Kier molecular flexibility index (Phi) is 4.56. The van der Waals surface area contributed by atoms with Gasteiger partial charge in [0.15, 0.2) is 5.17 Å². The van der Waals surface area contributed by atoms with Crippen LogP contribution in [0, 0.1) is 5.92 Å². The van der Waals surface area contributed by atoms with E-state index >= 15 is 0 Å². The normalized spacial score (nSPS) is 35.6. The molecule has 92 valence electrons. The van der Waals surface area contributed by atoms with Crippen molar-refractivity contribution in [2.45, 2.75) is 64.5 Å². The van der Waals surface area contributed by atoms with E-state index in [1.165, 1.54) is 49.4 Å². The molecule has 1 heterocycles. The first-order valence-electron chi connectivity index (χ1n) is 6.75. The third kappa shape index (κ3) is 3.41. The summed E-state index contributed by atoms with van der Waals surface area (Å²) in [6.45, 7) is 4.61. The number of aliphatic imine (C=N–C) groups is 1. The first kappa shape index (κ1) is 12.3. The van der Waals surface area contributed by atoms with Crippen molar-refractivity contribution in [1.82, 2.24) is 5.32 Å². The number of hydrogen-bond donors (Lipinski definition) is 1. The van der Waals surface area contributed by atoms with Gasteiger partial charge in [-0.05, 0) is 31.6 Å². The van der Waals surface area contributed by atoms with Crippen molar-refractivity contribution in [2.75, 3.05) is 5.75 Å². The zero-order valence-electron chi connectivity index (χ0n) is 10.5. The summed E-state index contributed by atoms with van der Waals surface area (Å²) in [5, 5.41) is 4.87. The number of rotatable bonds is 2. The minimum atomic E-state index is 0.567. The van der Waals surface area contributed by atoms with E-state index in [1.54, 1.807) is 0 Å². The Bertz CT molecular complexity index is 252. The maximum Gasteiger partial charge on any atom is 0.157 e. The first-order chi connectivity index (χ1) is 7.78. The molecule has 0 spiro atoms.